The lowest BCUT2D eigenvalue weighted by atomic mass is 10.0. The van der Waals surface area contributed by atoms with Gasteiger partial charge in [-0.1, -0.05) is 17.7 Å². The minimum atomic E-state index is -4.48. The smallest absolute Gasteiger partial charge is 0.253 e. The topological polar surface area (TPSA) is 48.0 Å². The van der Waals surface area contributed by atoms with Gasteiger partial charge in [-0.3, -0.25) is 4.68 Å². The first kappa shape index (κ1) is 17.4. The zero-order valence-electron chi connectivity index (χ0n) is 14.2. The van der Waals surface area contributed by atoms with Crippen molar-refractivity contribution in [3.8, 4) is 0 Å². The average Bonchev–Trinajstić information content (AvgIpc) is 3.18. The second kappa shape index (κ2) is 5.91. The maximum atomic E-state index is 13.9. The molecule has 4 aromatic rings. The second-order valence-corrected chi connectivity index (χ2v) is 7.29. The molecule has 1 aliphatic carbocycles. The van der Waals surface area contributed by atoms with Gasteiger partial charge in [0.1, 0.15) is 11.7 Å². The lowest BCUT2D eigenvalue weighted by Crippen LogP contribution is -2.18. The standard InChI is InChI=1S/C18H12ClF4N5/c19-15-7-13(17-24-3-4-27(17)25-15)12-6-11(12)9-1-2-10-14(5-9)28(26-16(10)20)8-18(21,22)23/h1-5,7,11-12H,6,8H2/t11-,12+/m0/s1. The first-order valence-electron chi connectivity index (χ1n) is 8.53. The van der Waals surface area contributed by atoms with Crippen LogP contribution in [-0.2, 0) is 6.54 Å². The maximum absolute atomic E-state index is 13.9. The number of aromatic nitrogens is 5. The summed E-state index contributed by atoms with van der Waals surface area (Å²) in [4.78, 5) is 4.31. The zero-order valence-corrected chi connectivity index (χ0v) is 14.9. The number of benzene rings is 1. The molecule has 3 heterocycles. The van der Waals surface area contributed by atoms with E-state index in [2.05, 4.69) is 15.2 Å². The van der Waals surface area contributed by atoms with Crippen LogP contribution in [0.25, 0.3) is 16.6 Å². The van der Waals surface area contributed by atoms with Crippen LogP contribution in [-0.4, -0.2) is 30.6 Å². The molecular weight excluding hydrogens is 398 g/mol. The Morgan fingerprint density at radius 3 is 2.75 bits per heavy atom. The van der Waals surface area contributed by atoms with E-state index in [-0.39, 0.29) is 22.7 Å². The van der Waals surface area contributed by atoms with Crippen molar-refractivity contribution in [1.29, 1.82) is 0 Å². The van der Waals surface area contributed by atoms with Crippen LogP contribution in [0, 0.1) is 5.95 Å². The van der Waals surface area contributed by atoms with E-state index < -0.39 is 18.7 Å². The molecule has 0 saturated heterocycles. The number of hydrogen-bond donors (Lipinski definition) is 0. The third kappa shape index (κ3) is 2.90. The van der Waals surface area contributed by atoms with Crippen LogP contribution in [0.4, 0.5) is 17.6 Å². The largest absolute Gasteiger partial charge is 0.408 e. The molecule has 5 nitrogen and oxygen atoms in total. The van der Waals surface area contributed by atoms with Crippen LogP contribution in [0.3, 0.4) is 0 Å². The summed E-state index contributed by atoms with van der Waals surface area (Å²) >= 11 is 6.09. The highest BCUT2D eigenvalue weighted by Crippen LogP contribution is 2.55. The lowest BCUT2D eigenvalue weighted by Gasteiger charge is -2.08. The van der Waals surface area contributed by atoms with Crippen molar-refractivity contribution in [3.63, 3.8) is 0 Å². The Bertz CT molecular complexity index is 1210. The first-order valence-corrected chi connectivity index (χ1v) is 8.90. The van der Waals surface area contributed by atoms with Gasteiger partial charge in [0, 0.05) is 18.0 Å². The molecule has 0 amide bonds. The van der Waals surface area contributed by atoms with Crippen molar-refractivity contribution in [1.82, 2.24) is 24.4 Å². The summed E-state index contributed by atoms with van der Waals surface area (Å²) in [7, 11) is 0. The molecule has 0 spiro atoms. The van der Waals surface area contributed by atoms with Crippen molar-refractivity contribution in [2.75, 3.05) is 0 Å². The summed E-state index contributed by atoms with van der Waals surface area (Å²) in [5, 5.41) is 7.98. The molecule has 144 valence electrons. The summed E-state index contributed by atoms with van der Waals surface area (Å²) in [6.07, 6.45) is -0.357. The van der Waals surface area contributed by atoms with Gasteiger partial charge < -0.3 is 0 Å². The van der Waals surface area contributed by atoms with Gasteiger partial charge in [0.05, 0.1) is 10.9 Å². The van der Waals surface area contributed by atoms with Gasteiger partial charge in [-0.25, -0.2) is 9.50 Å². The molecule has 28 heavy (non-hydrogen) atoms. The number of nitrogens with zero attached hydrogens (tertiary/aromatic N) is 5. The highest BCUT2D eigenvalue weighted by molar-refractivity contribution is 6.29. The summed E-state index contributed by atoms with van der Waals surface area (Å²) < 4.78 is 54.5. The minimum Gasteiger partial charge on any atom is -0.253 e. The highest BCUT2D eigenvalue weighted by atomic mass is 35.5. The Balaban J connectivity index is 1.52. The van der Waals surface area contributed by atoms with E-state index >= 15 is 0 Å². The van der Waals surface area contributed by atoms with Gasteiger partial charge in [-0.2, -0.15) is 22.7 Å². The van der Waals surface area contributed by atoms with Crippen molar-refractivity contribution in [2.45, 2.75) is 31.0 Å². The van der Waals surface area contributed by atoms with E-state index in [1.165, 1.54) is 6.07 Å². The fourth-order valence-electron chi connectivity index (χ4n) is 3.76. The van der Waals surface area contributed by atoms with E-state index in [9.17, 15) is 17.6 Å². The van der Waals surface area contributed by atoms with E-state index in [1.807, 2.05) is 0 Å². The van der Waals surface area contributed by atoms with Gasteiger partial charge >= 0.3 is 6.18 Å². The Hall–Kier alpha value is -2.68. The molecule has 1 aromatic carbocycles. The monoisotopic (exact) mass is 409 g/mol. The third-order valence-electron chi connectivity index (χ3n) is 5.04. The predicted octanol–water partition coefficient (Wildman–Crippen LogP) is 4.70. The third-order valence-corrected chi connectivity index (χ3v) is 5.22. The van der Waals surface area contributed by atoms with Crippen LogP contribution in [0.5, 0.6) is 0 Å². The molecule has 2 atom stereocenters. The number of hydrogen-bond acceptors (Lipinski definition) is 3. The Kier molecular flexibility index (Phi) is 3.67. The van der Waals surface area contributed by atoms with E-state index in [1.54, 1.807) is 35.1 Å². The molecule has 10 heteroatoms. The highest BCUT2D eigenvalue weighted by Gasteiger charge is 2.41. The van der Waals surface area contributed by atoms with E-state index in [0.29, 0.717) is 15.5 Å². The van der Waals surface area contributed by atoms with Gasteiger partial charge in [0.25, 0.3) is 0 Å². The van der Waals surface area contributed by atoms with Gasteiger partial charge in [0.2, 0.25) is 5.95 Å². The molecular formula is C18H12ClF4N5. The molecule has 5 rings (SSSR count). The minimum absolute atomic E-state index is 0.0767. The fourth-order valence-corrected chi connectivity index (χ4v) is 3.96. The number of rotatable bonds is 3. The molecule has 1 aliphatic rings. The normalized spacial score (nSPS) is 19.6. The number of halogens is 5. The molecule has 0 unspecified atom stereocenters. The summed E-state index contributed by atoms with van der Waals surface area (Å²) in [6.45, 7) is -1.33. The molecule has 1 saturated carbocycles. The van der Waals surface area contributed by atoms with Crippen LogP contribution in [0.2, 0.25) is 5.15 Å². The number of alkyl halides is 3. The Morgan fingerprint density at radius 1 is 1.14 bits per heavy atom. The molecule has 1 fully saturated rings. The quantitative estimate of drug-likeness (QED) is 0.461. The predicted molar refractivity (Wildman–Crippen MR) is 93.8 cm³/mol. The molecule has 0 N–H and O–H groups in total. The molecule has 0 bridgehead atoms. The fraction of sp³-hybridized carbons (Fsp3) is 0.278. The van der Waals surface area contributed by atoms with Crippen LogP contribution in [0.1, 0.15) is 29.4 Å². The second-order valence-electron chi connectivity index (χ2n) is 6.91. The molecule has 0 radical (unpaired) electrons. The Labute approximate surface area is 160 Å². The SMILES string of the molecule is Fc1nn(CC(F)(F)F)c2cc([C@@H]3C[C@H]3c3cc(Cl)nn4ccnc34)ccc12. The van der Waals surface area contributed by atoms with E-state index in [4.69, 9.17) is 11.6 Å². The molecule has 0 aliphatic heterocycles. The van der Waals surface area contributed by atoms with Crippen LogP contribution < -0.4 is 0 Å². The number of imidazole rings is 1. The van der Waals surface area contributed by atoms with Crippen molar-refractivity contribution in [3.05, 3.63) is 58.9 Å². The van der Waals surface area contributed by atoms with E-state index in [0.717, 1.165) is 17.5 Å². The molecule has 3 aromatic heterocycles. The lowest BCUT2D eigenvalue weighted by molar-refractivity contribution is -0.142. The summed E-state index contributed by atoms with van der Waals surface area (Å²) in [5.74, 6) is -0.703. The number of fused-ring (bicyclic) bond motifs is 2. The Morgan fingerprint density at radius 2 is 1.96 bits per heavy atom. The van der Waals surface area contributed by atoms with Crippen LogP contribution >= 0.6 is 11.6 Å². The zero-order chi connectivity index (χ0) is 19.6. The van der Waals surface area contributed by atoms with Crippen molar-refractivity contribution < 1.29 is 17.6 Å². The summed E-state index contributed by atoms with van der Waals surface area (Å²) in [5.41, 5.74) is 2.60. The van der Waals surface area contributed by atoms with Gasteiger partial charge in [-0.05, 0) is 42.0 Å². The maximum Gasteiger partial charge on any atom is 0.408 e. The summed E-state index contributed by atoms with van der Waals surface area (Å²) in [6, 6.07) is 6.58. The average molecular weight is 410 g/mol. The first-order chi connectivity index (χ1) is 13.3. The van der Waals surface area contributed by atoms with Gasteiger partial charge in [0.15, 0.2) is 5.65 Å². The van der Waals surface area contributed by atoms with Crippen molar-refractivity contribution >= 4 is 28.2 Å². The van der Waals surface area contributed by atoms with Crippen molar-refractivity contribution in [2.24, 2.45) is 0 Å². The van der Waals surface area contributed by atoms with Crippen LogP contribution in [0.15, 0.2) is 36.7 Å². The van der Waals surface area contributed by atoms with Gasteiger partial charge in [-0.15, -0.1) is 5.10 Å².